The summed E-state index contributed by atoms with van der Waals surface area (Å²) in [7, 11) is 0. The third-order valence-electron chi connectivity index (χ3n) is 4.34. The van der Waals surface area contributed by atoms with E-state index in [9.17, 15) is 4.79 Å². The van der Waals surface area contributed by atoms with Crippen LogP contribution in [0.5, 0.6) is 0 Å². The smallest absolute Gasteiger partial charge is 0.253 e. The highest BCUT2D eigenvalue weighted by molar-refractivity contribution is 5.94. The molecule has 5 heteroatoms. The Bertz CT molecular complexity index is 615. The molecule has 1 N–H and O–H groups in total. The van der Waals surface area contributed by atoms with Crippen LogP contribution < -0.4 is 5.32 Å². The molecule has 4 rings (SSSR count). The first-order valence-electron chi connectivity index (χ1n) is 7.56. The van der Waals surface area contributed by atoms with E-state index in [0.717, 1.165) is 5.82 Å². The van der Waals surface area contributed by atoms with Gasteiger partial charge in [0, 0.05) is 24.6 Å². The number of rotatable bonds is 5. The Hall–Kier alpha value is -2.17. The van der Waals surface area contributed by atoms with E-state index >= 15 is 0 Å². The van der Waals surface area contributed by atoms with E-state index in [1.165, 1.54) is 25.7 Å². The van der Waals surface area contributed by atoms with Gasteiger partial charge in [0.05, 0.1) is 5.56 Å². The van der Waals surface area contributed by atoms with E-state index in [-0.39, 0.29) is 5.91 Å². The molecule has 0 aliphatic heterocycles. The van der Waals surface area contributed by atoms with Crippen molar-refractivity contribution in [1.29, 1.82) is 0 Å². The van der Waals surface area contributed by atoms with Gasteiger partial charge >= 0.3 is 0 Å². The lowest BCUT2D eigenvalue weighted by Gasteiger charge is -2.17. The first-order valence-corrected chi connectivity index (χ1v) is 7.56. The fraction of sp³-hybridized carbons (Fsp3) is 0.438. The zero-order valence-corrected chi connectivity index (χ0v) is 11.8. The fourth-order valence-corrected chi connectivity index (χ4v) is 2.83. The van der Waals surface area contributed by atoms with Crippen LogP contribution in [-0.4, -0.2) is 26.5 Å². The number of aromatic nitrogens is 3. The van der Waals surface area contributed by atoms with Gasteiger partial charge in [-0.2, -0.15) is 0 Å². The fourth-order valence-electron chi connectivity index (χ4n) is 2.83. The Kier molecular flexibility index (Phi) is 2.98. The summed E-state index contributed by atoms with van der Waals surface area (Å²) in [6.45, 7) is 0. The van der Waals surface area contributed by atoms with Crippen LogP contribution in [0.2, 0.25) is 0 Å². The van der Waals surface area contributed by atoms with Crippen molar-refractivity contribution in [2.45, 2.75) is 31.7 Å². The SMILES string of the molecule is O=C(NC(C1CC1)C1CC1)c1ccc(-n2ccnc2)nc1. The molecule has 1 amide bonds. The molecular weight excluding hydrogens is 264 g/mol. The van der Waals surface area contributed by atoms with Gasteiger partial charge in [0.25, 0.3) is 5.91 Å². The summed E-state index contributed by atoms with van der Waals surface area (Å²) in [5.41, 5.74) is 0.630. The van der Waals surface area contributed by atoms with Gasteiger partial charge < -0.3 is 5.32 Å². The van der Waals surface area contributed by atoms with Gasteiger partial charge in [-0.05, 0) is 49.7 Å². The molecule has 0 bridgehead atoms. The first kappa shape index (κ1) is 12.6. The Morgan fingerprint density at radius 2 is 2.00 bits per heavy atom. The number of nitrogens with one attached hydrogen (secondary N) is 1. The molecule has 0 radical (unpaired) electrons. The third kappa shape index (κ3) is 2.68. The molecule has 0 unspecified atom stereocenters. The van der Waals surface area contributed by atoms with Crippen molar-refractivity contribution in [3.8, 4) is 5.82 Å². The lowest BCUT2D eigenvalue weighted by Crippen LogP contribution is -2.38. The van der Waals surface area contributed by atoms with Crippen molar-refractivity contribution in [2.75, 3.05) is 0 Å². The number of pyridine rings is 1. The number of imidazole rings is 1. The van der Waals surface area contributed by atoms with Gasteiger partial charge in [-0.3, -0.25) is 9.36 Å². The molecule has 2 aromatic rings. The minimum atomic E-state index is 0.00322. The van der Waals surface area contributed by atoms with Crippen molar-refractivity contribution in [2.24, 2.45) is 11.8 Å². The molecule has 2 aliphatic carbocycles. The number of carbonyl (C=O) groups excluding carboxylic acids is 1. The topological polar surface area (TPSA) is 59.8 Å². The number of amides is 1. The van der Waals surface area contributed by atoms with E-state index < -0.39 is 0 Å². The second-order valence-corrected chi connectivity index (χ2v) is 6.05. The molecule has 5 nitrogen and oxygen atoms in total. The maximum atomic E-state index is 12.3. The van der Waals surface area contributed by atoms with Crippen molar-refractivity contribution in [1.82, 2.24) is 19.9 Å². The van der Waals surface area contributed by atoms with Crippen LogP contribution in [0.1, 0.15) is 36.0 Å². The van der Waals surface area contributed by atoms with Crippen molar-refractivity contribution < 1.29 is 4.79 Å². The monoisotopic (exact) mass is 282 g/mol. The molecule has 2 fully saturated rings. The average molecular weight is 282 g/mol. The second kappa shape index (κ2) is 4.98. The minimum Gasteiger partial charge on any atom is -0.349 e. The van der Waals surface area contributed by atoms with E-state index in [0.29, 0.717) is 23.4 Å². The van der Waals surface area contributed by atoms with Crippen LogP contribution in [0, 0.1) is 11.8 Å². The number of nitrogens with zero attached hydrogens (tertiary/aromatic N) is 3. The van der Waals surface area contributed by atoms with Gasteiger partial charge in [-0.25, -0.2) is 9.97 Å². The zero-order chi connectivity index (χ0) is 14.2. The quantitative estimate of drug-likeness (QED) is 0.914. The Morgan fingerprint density at radius 3 is 2.52 bits per heavy atom. The van der Waals surface area contributed by atoms with Crippen molar-refractivity contribution >= 4 is 5.91 Å². The van der Waals surface area contributed by atoms with Crippen molar-refractivity contribution in [3.05, 3.63) is 42.6 Å². The summed E-state index contributed by atoms with van der Waals surface area (Å²) in [6, 6.07) is 4.06. The Morgan fingerprint density at radius 1 is 1.24 bits per heavy atom. The van der Waals surface area contributed by atoms with E-state index in [1.807, 2.05) is 22.9 Å². The minimum absolute atomic E-state index is 0.00322. The Balaban J connectivity index is 1.46. The molecule has 0 atom stereocenters. The predicted octanol–water partition coefficient (Wildman–Crippen LogP) is 2.19. The van der Waals surface area contributed by atoms with Gasteiger partial charge in [0.1, 0.15) is 12.1 Å². The lowest BCUT2D eigenvalue weighted by molar-refractivity contribution is 0.0926. The van der Waals surface area contributed by atoms with Gasteiger partial charge in [0.15, 0.2) is 0 Å². The van der Waals surface area contributed by atoms with Crippen LogP contribution in [0.25, 0.3) is 5.82 Å². The normalized spacial score (nSPS) is 18.0. The molecule has 2 heterocycles. The number of hydrogen-bond acceptors (Lipinski definition) is 3. The summed E-state index contributed by atoms with van der Waals surface area (Å²) in [5.74, 6) is 2.19. The second-order valence-electron chi connectivity index (χ2n) is 6.05. The summed E-state index contributed by atoms with van der Waals surface area (Å²) in [4.78, 5) is 20.7. The average Bonchev–Trinajstić information content (AvgIpc) is 3.44. The maximum absolute atomic E-state index is 12.3. The van der Waals surface area contributed by atoms with E-state index in [4.69, 9.17) is 0 Å². The Labute approximate surface area is 123 Å². The summed E-state index contributed by atoms with van der Waals surface area (Å²) >= 11 is 0. The zero-order valence-electron chi connectivity index (χ0n) is 11.8. The predicted molar refractivity (Wildman–Crippen MR) is 78.1 cm³/mol. The van der Waals surface area contributed by atoms with Crippen LogP contribution >= 0.6 is 0 Å². The van der Waals surface area contributed by atoms with Crippen LogP contribution in [-0.2, 0) is 0 Å². The van der Waals surface area contributed by atoms with Gasteiger partial charge in [-0.15, -0.1) is 0 Å². The lowest BCUT2D eigenvalue weighted by atomic mass is 10.1. The third-order valence-corrected chi connectivity index (χ3v) is 4.34. The van der Waals surface area contributed by atoms with E-state index in [1.54, 1.807) is 18.7 Å². The molecule has 108 valence electrons. The molecule has 21 heavy (non-hydrogen) atoms. The van der Waals surface area contributed by atoms with Crippen LogP contribution in [0.3, 0.4) is 0 Å². The van der Waals surface area contributed by atoms with Crippen LogP contribution in [0.15, 0.2) is 37.1 Å². The summed E-state index contributed by atoms with van der Waals surface area (Å²) in [5, 5.41) is 3.21. The summed E-state index contributed by atoms with van der Waals surface area (Å²) < 4.78 is 1.82. The maximum Gasteiger partial charge on any atom is 0.253 e. The van der Waals surface area contributed by atoms with Crippen molar-refractivity contribution in [3.63, 3.8) is 0 Å². The largest absolute Gasteiger partial charge is 0.349 e. The standard InChI is InChI=1S/C16H18N4O/c21-16(19-15(11-1-2-11)12-3-4-12)13-5-6-14(18-9-13)20-8-7-17-10-20/h5-12,15H,1-4H2,(H,19,21). The van der Waals surface area contributed by atoms with Crippen LogP contribution in [0.4, 0.5) is 0 Å². The molecule has 2 aliphatic rings. The molecule has 2 aromatic heterocycles. The molecule has 0 saturated heterocycles. The molecular formula is C16H18N4O. The highest BCUT2D eigenvalue weighted by Crippen LogP contribution is 2.44. The molecule has 0 aromatic carbocycles. The number of carbonyl (C=O) groups is 1. The number of hydrogen-bond donors (Lipinski definition) is 1. The first-order chi connectivity index (χ1) is 10.3. The highest BCUT2D eigenvalue weighted by atomic mass is 16.1. The van der Waals surface area contributed by atoms with E-state index in [2.05, 4.69) is 15.3 Å². The molecule has 0 spiro atoms. The van der Waals surface area contributed by atoms with Gasteiger partial charge in [-0.1, -0.05) is 0 Å². The molecule has 2 saturated carbocycles. The van der Waals surface area contributed by atoms with Gasteiger partial charge in [0.2, 0.25) is 0 Å². The highest BCUT2D eigenvalue weighted by Gasteiger charge is 2.42. The summed E-state index contributed by atoms with van der Waals surface area (Å²) in [6.07, 6.45) is 11.9.